The van der Waals surface area contributed by atoms with Gasteiger partial charge >= 0.3 is 0 Å². The molecule has 2 aromatic carbocycles. The lowest BCUT2D eigenvalue weighted by atomic mass is 10.0. The molecule has 3 aromatic rings. The van der Waals surface area contributed by atoms with E-state index >= 15 is 0 Å². The number of nitrogens with zero attached hydrogens (tertiary/aromatic N) is 1. The van der Waals surface area contributed by atoms with E-state index in [1.807, 2.05) is 13.8 Å². The molecule has 3 amide bonds. The monoisotopic (exact) mass is 459 g/mol. The fraction of sp³-hybridized carbons (Fsp3) is 0.192. The lowest BCUT2D eigenvalue weighted by molar-refractivity contribution is -0.137. The summed E-state index contributed by atoms with van der Waals surface area (Å²) in [5.74, 6) is 0.117. The Bertz CT molecular complexity index is 1230. The van der Waals surface area contributed by atoms with Crippen LogP contribution in [0.15, 0.2) is 77.0 Å². The van der Waals surface area contributed by atoms with Crippen molar-refractivity contribution >= 4 is 34.7 Å². The third-order valence-electron chi connectivity index (χ3n) is 5.05. The second kappa shape index (κ2) is 9.66. The van der Waals surface area contributed by atoms with Gasteiger partial charge in [-0.15, -0.1) is 0 Å². The molecule has 0 saturated heterocycles. The maximum Gasteiger partial charge on any atom is 0.278 e. The van der Waals surface area contributed by atoms with E-state index in [9.17, 15) is 14.4 Å². The summed E-state index contributed by atoms with van der Waals surface area (Å²) in [6.07, 6.45) is 1.54. The van der Waals surface area contributed by atoms with E-state index in [1.54, 1.807) is 60.7 Å². The molecular formula is C26H25N3O5. The van der Waals surface area contributed by atoms with Gasteiger partial charge in [0.15, 0.2) is 0 Å². The topological polar surface area (TPSA) is 101 Å². The number of anilines is 2. The molecule has 2 heterocycles. The average molecular weight is 460 g/mol. The van der Waals surface area contributed by atoms with Crippen molar-refractivity contribution in [2.24, 2.45) is 0 Å². The molecule has 0 atom stereocenters. The van der Waals surface area contributed by atoms with Crippen LogP contribution in [0.3, 0.4) is 0 Å². The molecule has 8 heteroatoms. The van der Waals surface area contributed by atoms with Gasteiger partial charge in [0.1, 0.15) is 17.2 Å². The van der Waals surface area contributed by atoms with Crippen LogP contribution >= 0.6 is 0 Å². The Balaban J connectivity index is 1.67. The van der Waals surface area contributed by atoms with Crippen molar-refractivity contribution in [1.82, 2.24) is 4.90 Å². The number of rotatable bonds is 8. The predicted octanol–water partition coefficient (Wildman–Crippen LogP) is 4.42. The van der Waals surface area contributed by atoms with Crippen molar-refractivity contribution in [3.63, 3.8) is 0 Å². The van der Waals surface area contributed by atoms with Gasteiger partial charge < -0.3 is 19.8 Å². The van der Waals surface area contributed by atoms with E-state index in [1.165, 1.54) is 13.2 Å². The van der Waals surface area contributed by atoms with Crippen LogP contribution in [-0.4, -0.2) is 28.7 Å². The van der Waals surface area contributed by atoms with E-state index in [4.69, 9.17) is 9.15 Å². The Morgan fingerprint density at radius 3 is 2.24 bits per heavy atom. The van der Waals surface area contributed by atoms with Crippen LogP contribution in [0.2, 0.25) is 0 Å². The third-order valence-corrected chi connectivity index (χ3v) is 5.05. The molecule has 0 aliphatic carbocycles. The number of furan rings is 1. The zero-order chi connectivity index (χ0) is 24.2. The summed E-state index contributed by atoms with van der Waals surface area (Å²) in [7, 11) is 0. The summed E-state index contributed by atoms with van der Waals surface area (Å²) < 4.78 is 11.0. The summed E-state index contributed by atoms with van der Waals surface area (Å²) in [6, 6.07) is 17.4. The standard InChI is InChI=1S/C26H25N3O5/c1-16(2)34-21-12-10-20(11-13-21)28-24-23(18-6-8-19(9-7-18)27-17(3)30)25(31)29(26(24)32)15-22-5-4-14-33-22/h4-14,16,28H,15H2,1-3H3,(H,27,30). The third kappa shape index (κ3) is 5.01. The quantitative estimate of drug-likeness (QED) is 0.484. The smallest absolute Gasteiger partial charge is 0.278 e. The largest absolute Gasteiger partial charge is 0.491 e. The highest BCUT2D eigenvalue weighted by molar-refractivity contribution is 6.36. The Hall–Kier alpha value is -4.33. The molecule has 4 rings (SSSR count). The highest BCUT2D eigenvalue weighted by Gasteiger charge is 2.39. The summed E-state index contributed by atoms with van der Waals surface area (Å²) in [5, 5.41) is 5.81. The first-order valence-corrected chi connectivity index (χ1v) is 10.9. The van der Waals surface area contributed by atoms with Gasteiger partial charge in [0.05, 0.1) is 24.5 Å². The zero-order valence-corrected chi connectivity index (χ0v) is 19.1. The van der Waals surface area contributed by atoms with E-state index in [0.29, 0.717) is 28.4 Å². The summed E-state index contributed by atoms with van der Waals surface area (Å²) in [5.41, 5.74) is 2.20. The Kier molecular flexibility index (Phi) is 6.49. The first-order chi connectivity index (χ1) is 16.3. The summed E-state index contributed by atoms with van der Waals surface area (Å²) in [6.45, 7) is 5.32. The molecule has 1 aromatic heterocycles. The van der Waals surface area contributed by atoms with Crippen LogP contribution in [0.1, 0.15) is 32.1 Å². The van der Waals surface area contributed by atoms with Crippen molar-refractivity contribution in [1.29, 1.82) is 0 Å². The molecule has 1 aliphatic heterocycles. The first kappa shape index (κ1) is 22.8. The maximum atomic E-state index is 13.4. The molecule has 8 nitrogen and oxygen atoms in total. The Morgan fingerprint density at radius 2 is 1.65 bits per heavy atom. The van der Waals surface area contributed by atoms with Gasteiger partial charge in [-0.1, -0.05) is 12.1 Å². The SMILES string of the molecule is CC(=O)Nc1ccc(C2=C(Nc3ccc(OC(C)C)cc3)C(=O)N(Cc3ccco3)C2=O)cc1. The second-order valence-electron chi connectivity index (χ2n) is 8.10. The molecule has 0 unspecified atom stereocenters. The number of carbonyl (C=O) groups is 3. The molecule has 0 saturated carbocycles. The number of benzene rings is 2. The van der Waals surface area contributed by atoms with Crippen LogP contribution < -0.4 is 15.4 Å². The van der Waals surface area contributed by atoms with Gasteiger partial charge in [-0.3, -0.25) is 19.3 Å². The summed E-state index contributed by atoms with van der Waals surface area (Å²) in [4.78, 5) is 39.1. The number of hydrogen-bond donors (Lipinski definition) is 2. The lowest BCUT2D eigenvalue weighted by Crippen LogP contribution is -2.31. The van der Waals surface area contributed by atoms with Gasteiger partial charge in [0.2, 0.25) is 5.91 Å². The van der Waals surface area contributed by atoms with Gasteiger partial charge in [0.25, 0.3) is 11.8 Å². The number of ether oxygens (including phenoxy) is 1. The molecule has 0 radical (unpaired) electrons. The minimum absolute atomic E-state index is 0.0183. The van der Waals surface area contributed by atoms with E-state index in [-0.39, 0.29) is 29.8 Å². The fourth-order valence-corrected chi connectivity index (χ4v) is 3.62. The molecule has 0 bridgehead atoms. The van der Waals surface area contributed by atoms with Crippen LogP contribution in [-0.2, 0) is 20.9 Å². The number of carbonyl (C=O) groups excluding carboxylic acids is 3. The minimum Gasteiger partial charge on any atom is -0.491 e. The van der Waals surface area contributed by atoms with E-state index in [0.717, 1.165) is 4.90 Å². The van der Waals surface area contributed by atoms with E-state index < -0.39 is 11.8 Å². The highest BCUT2D eigenvalue weighted by atomic mass is 16.5. The van der Waals surface area contributed by atoms with Gasteiger partial charge in [-0.05, 0) is 67.9 Å². The lowest BCUT2D eigenvalue weighted by Gasteiger charge is -2.14. The predicted molar refractivity (Wildman–Crippen MR) is 128 cm³/mol. The highest BCUT2D eigenvalue weighted by Crippen LogP contribution is 2.32. The van der Waals surface area contributed by atoms with Crippen molar-refractivity contribution in [2.75, 3.05) is 10.6 Å². The average Bonchev–Trinajstić information content (AvgIpc) is 3.38. The molecule has 1 aliphatic rings. The maximum absolute atomic E-state index is 13.4. The molecule has 0 fully saturated rings. The zero-order valence-electron chi connectivity index (χ0n) is 19.1. The molecule has 0 spiro atoms. The van der Waals surface area contributed by atoms with Crippen molar-refractivity contribution in [3.05, 3.63) is 83.9 Å². The van der Waals surface area contributed by atoms with Gasteiger partial charge in [0, 0.05) is 18.3 Å². The molecule has 2 N–H and O–H groups in total. The number of imide groups is 1. The normalized spacial score (nSPS) is 13.6. The Morgan fingerprint density at radius 1 is 0.971 bits per heavy atom. The first-order valence-electron chi connectivity index (χ1n) is 10.9. The van der Waals surface area contributed by atoms with E-state index in [2.05, 4.69) is 10.6 Å². The van der Waals surface area contributed by atoms with Gasteiger partial charge in [-0.25, -0.2) is 0 Å². The number of hydrogen-bond acceptors (Lipinski definition) is 6. The van der Waals surface area contributed by atoms with Crippen molar-refractivity contribution < 1.29 is 23.5 Å². The molecular weight excluding hydrogens is 434 g/mol. The van der Waals surface area contributed by atoms with Crippen molar-refractivity contribution in [3.8, 4) is 5.75 Å². The van der Waals surface area contributed by atoms with Crippen LogP contribution in [0.4, 0.5) is 11.4 Å². The fourth-order valence-electron chi connectivity index (χ4n) is 3.62. The molecule has 174 valence electrons. The van der Waals surface area contributed by atoms with Crippen LogP contribution in [0.25, 0.3) is 5.57 Å². The Labute approximate surface area is 197 Å². The van der Waals surface area contributed by atoms with Crippen LogP contribution in [0.5, 0.6) is 5.75 Å². The van der Waals surface area contributed by atoms with Crippen molar-refractivity contribution in [2.45, 2.75) is 33.4 Å². The number of nitrogens with one attached hydrogen (secondary N) is 2. The second-order valence-corrected chi connectivity index (χ2v) is 8.10. The molecule has 34 heavy (non-hydrogen) atoms. The minimum atomic E-state index is -0.454. The van der Waals surface area contributed by atoms with Gasteiger partial charge in [-0.2, -0.15) is 0 Å². The van der Waals surface area contributed by atoms with Crippen LogP contribution in [0, 0.1) is 0 Å². The number of amides is 3. The summed E-state index contributed by atoms with van der Waals surface area (Å²) >= 11 is 0.